The van der Waals surface area contributed by atoms with E-state index in [-0.39, 0.29) is 5.92 Å². The molecule has 0 heterocycles. The molecule has 1 unspecified atom stereocenters. The first-order chi connectivity index (χ1) is 11.0. The van der Waals surface area contributed by atoms with Crippen LogP contribution in [0.25, 0.3) is 0 Å². The van der Waals surface area contributed by atoms with E-state index < -0.39 is 0 Å². The molecule has 23 heavy (non-hydrogen) atoms. The SMILES string of the molecule is Cc1cccc(C)c1OCCC(C#N)c1ccc(C(C)C)cc1. The van der Waals surface area contributed by atoms with Gasteiger partial charge in [-0.1, -0.05) is 56.3 Å². The van der Waals surface area contributed by atoms with Gasteiger partial charge in [0.15, 0.2) is 0 Å². The van der Waals surface area contributed by atoms with Gasteiger partial charge in [0.25, 0.3) is 0 Å². The van der Waals surface area contributed by atoms with E-state index >= 15 is 0 Å². The van der Waals surface area contributed by atoms with Crippen LogP contribution in [0.2, 0.25) is 0 Å². The van der Waals surface area contributed by atoms with Gasteiger partial charge in [0.1, 0.15) is 5.75 Å². The fourth-order valence-corrected chi connectivity index (χ4v) is 2.72. The summed E-state index contributed by atoms with van der Waals surface area (Å²) in [5.74, 6) is 1.33. The normalized spacial score (nSPS) is 12.0. The molecular formula is C21H25NO. The summed E-state index contributed by atoms with van der Waals surface area (Å²) in [6.07, 6.45) is 0.700. The summed E-state index contributed by atoms with van der Waals surface area (Å²) in [5, 5.41) is 9.46. The first-order valence-electron chi connectivity index (χ1n) is 8.21. The van der Waals surface area contributed by atoms with Crippen LogP contribution in [0.15, 0.2) is 42.5 Å². The van der Waals surface area contributed by atoms with Crippen molar-refractivity contribution in [1.82, 2.24) is 0 Å². The molecule has 2 aromatic carbocycles. The van der Waals surface area contributed by atoms with Gasteiger partial charge < -0.3 is 4.74 Å². The van der Waals surface area contributed by atoms with Crippen LogP contribution in [-0.2, 0) is 0 Å². The number of nitriles is 1. The van der Waals surface area contributed by atoms with Gasteiger partial charge in [0.05, 0.1) is 18.6 Å². The van der Waals surface area contributed by atoms with E-state index in [0.29, 0.717) is 18.9 Å². The Kier molecular flexibility index (Phi) is 5.82. The average molecular weight is 307 g/mol. The molecule has 0 radical (unpaired) electrons. The largest absolute Gasteiger partial charge is 0.493 e. The molecule has 1 atom stereocenters. The number of nitrogens with zero attached hydrogens (tertiary/aromatic N) is 1. The lowest BCUT2D eigenvalue weighted by Crippen LogP contribution is -2.06. The molecule has 0 aliphatic rings. The fourth-order valence-electron chi connectivity index (χ4n) is 2.72. The first-order valence-corrected chi connectivity index (χ1v) is 8.21. The minimum atomic E-state index is -0.125. The molecule has 2 heteroatoms. The van der Waals surface area contributed by atoms with Gasteiger partial charge in [-0.2, -0.15) is 5.26 Å². The highest BCUT2D eigenvalue weighted by Gasteiger charge is 2.12. The molecule has 0 aromatic heterocycles. The molecule has 120 valence electrons. The predicted octanol–water partition coefficient (Wildman–Crippen LogP) is 5.50. The molecule has 0 fully saturated rings. The first kappa shape index (κ1) is 17.1. The summed E-state index contributed by atoms with van der Waals surface area (Å²) in [6, 6.07) is 16.9. The van der Waals surface area contributed by atoms with Crippen LogP contribution in [0.1, 0.15) is 54.4 Å². The van der Waals surface area contributed by atoms with E-state index in [4.69, 9.17) is 4.74 Å². The molecule has 0 saturated carbocycles. The third-order valence-corrected chi connectivity index (χ3v) is 4.22. The Morgan fingerprint density at radius 1 is 0.957 bits per heavy atom. The summed E-state index contributed by atoms with van der Waals surface area (Å²) in [7, 11) is 0. The Bertz CT molecular complexity index is 660. The standard InChI is InChI=1S/C21H25NO/c1-15(2)18-8-10-19(11-9-18)20(14-22)12-13-23-21-16(3)6-5-7-17(21)4/h5-11,15,20H,12-13H2,1-4H3. The van der Waals surface area contributed by atoms with Gasteiger partial charge in [-0.15, -0.1) is 0 Å². The van der Waals surface area contributed by atoms with Crippen LogP contribution < -0.4 is 4.74 Å². The molecule has 0 saturated heterocycles. The molecule has 0 spiro atoms. The van der Waals surface area contributed by atoms with Crippen molar-refractivity contribution in [2.45, 2.75) is 46.0 Å². The second-order valence-electron chi connectivity index (χ2n) is 6.36. The van der Waals surface area contributed by atoms with E-state index in [2.05, 4.69) is 70.2 Å². The maximum atomic E-state index is 9.46. The Hall–Kier alpha value is -2.27. The molecule has 0 N–H and O–H groups in total. The molecule has 2 nitrogen and oxygen atoms in total. The Morgan fingerprint density at radius 3 is 2.04 bits per heavy atom. The fraction of sp³-hybridized carbons (Fsp3) is 0.381. The van der Waals surface area contributed by atoms with Crippen molar-refractivity contribution in [2.75, 3.05) is 6.61 Å². The van der Waals surface area contributed by atoms with Gasteiger partial charge >= 0.3 is 0 Å². The zero-order chi connectivity index (χ0) is 16.8. The van der Waals surface area contributed by atoms with Crippen molar-refractivity contribution in [2.24, 2.45) is 0 Å². The van der Waals surface area contributed by atoms with Crippen molar-refractivity contribution < 1.29 is 4.74 Å². The van der Waals surface area contributed by atoms with Crippen LogP contribution in [0, 0.1) is 25.2 Å². The summed E-state index contributed by atoms with van der Waals surface area (Å²) < 4.78 is 5.93. The maximum absolute atomic E-state index is 9.46. The number of para-hydroxylation sites is 1. The molecule has 0 aliphatic carbocycles. The van der Waals surface area contributed by atoms with Crippen molar-refractivity contribution >= 4 is 0 Å². The third kappa shape index (κ3) is 4.36. The highest BCUT2D eigenvalue weighted by Crippen LogP contribution is 2.25. The Morgan fingerprint density at radius 2 is 1.52 bits per heavy atom. The van der Waals surface area contributed by atoms with Crippen molar-refractivity contribution in [3.63, 3.8) is 0 Å². The number of aryl methyl sites for hydroxylation is 2. The van der Waals surface area contributed by atoms with Gasteiger partial charge in [-0.05, 0) is 42.0 Å². The quantitative estimate of drug-likeness (QED) is 0.705. The van der Waals surface area contributed by atoms with Crippen LogP contribution >= 0.6 is 0 Å². The second kappa shape index (κ2) is 7.83. The molecular weight excluding hydrogens is 282 g/mol. The molecule has 2 rings (SSSR count). The molecule has 0 bridgehead atoms. The van der Waals surface area contributed by atoms with E-state index in [0.717, 1.165) is 22.4 Å². The number of hydrogen-bond donors (Lipinski definition) is 0. The lowest BCUT2D eigenvalue weighted by atomic mass is 9.94. The van der Waals surface area contributed by atoms with E-state index in [1.807, 2.05) is 6.07 Å². The van der Waals surface area contributed by atoms with Crippen LogP contribution in [-0.4, -0.2) is 6.61 Å². The van der Waals surface area contributed by atoms with Gasteiger partial charge in [-0.25, -0.2) is 0 Å². The predicted molar refractivity (Wildman–Crippen MR) is 94.9 cm³/mol. The van der Waals surface area contributed by atoms with Gasteiger partial charge in [0.2, 0.25) is 0 Å². The number of rotatable bonds is 6. The second-order valence-corrected chi connectivity index (χ2v) is 6.36. The smallest absolute Gasteiger partial charge is 0.125 e. The topological polar surface area (TPSA) is 33.0 Å². The molecule has 0 amide bonds. The minimum Gasteiger partial charge on any atom is -0.493 e. The summed E-state index contributed by atoms with van der Waals surface area (Å²) in [6.45, 7) is 9.00. The Labute approximate surface area is 139 Å². The van der Waals surface area contributed by atoms with Crippen LogP contribution in [0.3, 0.4) is 0 Å². The van der Waals surface area contributed by atoms with E-state index in [1.165, 1.54) is 5.56 Å². The summed E-state index contributed by atoms with van der Waals surface area (Å²) in [4.78, 5) is 0. The third-order valence-electron chi connectivity index (χ3n) is 4.22. The zero-order valence-electron chi connectivity index (χ0n) is 14.5. The average Bonchev–Trinajstić information content (AvgIpc) is 2.54. The van der Waals surface area contributed by atoms with Crippen molar-refractivity contribution in [3.05, 3.63) is 64.7 Å². The van der Waals surface area contributed by atoms with Crippen molar-refractivity contribution in [1.29, 1.82) is 5.26 Å². The number of ether oxygens (including phenoxy) is 1. The molecule has 2 aromatic rings. The maximum Gasteiger partial charge on any atom is 0.125 e. The molecule has 0 aliphatic heterocycles. The van der Waals surface area contributed by atoms with E-state index in [1.54, 1.807) is 0 Å². The Balaban J connectivity index is 1.99. The highest BCUT2D eigenvalue weighted by atomic mass is 16.5. The lowest BCUT2D eigenvalue weighted by molar-refractivity contribution is 0.302. The summed E-state index contributed by atoms with van der Waals surface area (Å²) >= 11 is 0. The number of hydrogen-bond acceptors (Lipinski definition) is 2. The minimum absolute atomic E-state index is 0.125. The van der Waals surface area contributed by atoms with Gasteiger partial charge in [0, 0.05) is 6.42 Å². The van der Waals surface area contributed by atoms with Crippen LogP contribution in [0.4, 0.5) is 0 Å². The lowest BCUT2D eigenvalue weighted by Gasteiger charge is -2.15. The highest BCUT2D eigenvalue weighted by molar-refractivity contribution is 5.39. The van der Waals surface area contributed by atoms with Crippen LogP contribution in [0.5, 0.6) is 5.75 Å². The summed E-state index contributed by atoms with van der Waals surface area (Å²) in [5.41, 5.74) is 4.65. The van der Waals surface area contributed by atoms with Crippen molar-refractivity contribution in [3.8, 4) is 11.8 Å². The van der Waals surface area contributed by atoms with Gasteiger partial charge in [-0.3, -0.25) is 0 Å². The monoisotopic (exact) mass is 307 g/mol. The van der Waals surface area contributed by atoms with E-state index in [9.17, 15) is 5.26 Å². The zero-order valence-corrected chi connectivity index (χ0v) is 14.5. The number of benzene rings is 2.